The summed E-state index contributed by atoms with van der Waals surface area (Å²) < 4.78 is 16.9. The van der Waals surface area contributed by atoms with Gasteiger partial charge in [-0.25, -0.2) is 0 Å². The average Bonchev–Trinajstić information content (AvgIpc) is 3.40. The minimum absolute atomic E-state index is 0.0674. The van der Waals surface area contributed by atoms with Crippen LogP contribution in [0.2, 0.25) is 0 Å². The number of ether oxygens (including phenoxy) is 3. The maximum Gasteiger partial charge on any atom is 0.306 e. The van der Waals surface area contributed by atoms with E-state index in [4.69, 9.17) is 14.2 Å². The Morgan fingerprint density at radius 1 is 0.257 bits per heavy atom. The Morgan fingerprint density at radius 3 is 0.703 bits per heavy atom. The van der Waals surface area contributed by atoms with E-state index in [1.54, 1.807) is 0 Å². The second kappa shape index (κ2) is 63.7. The first-order chi connectivity index (χ1) is 36.5. The molecule has 0 fully saturated rings. The minimum Gasteiger partial charge on any atom is -0.462 e. The third kappa shape index (κ3) is 61.0. The smallest absolute Gasteiger partial charge is 0.306 e. The van der Waals surface area contributed by atoms with Crippen LogP contribution in [0, 0.1) is 0 Å². The van der Waals surface area contributed by atoms with Gasteiger partial charge in [0.1, 0.15) is 13.2 Å². The first kappa shape index (κ1) is 72.2. The van der Waals surface area contributed by atoms with Crippen LogP contribution in [0.15, 0.2) is 12.2 Å². The second-order valence-corrected chi connectivity index (χ2v) is 23.1. The number of allylic oxidation sites excluding steroid dienone is 2. The molecule has 0 aliphatic rings. The fraction of sp³-hybridized carbons (Fsp3) is 0.926. The molecule has 0 saturated heterocycles. The molecule has 0 heterocycles. The van der Waals surface area contributed by atoms with Crippen LogP contribution >= 0.6 is 0 Å². The highest BCUT2D eigenvalue weighted by molar-refractivity contribution is 5.71. The van der Waals surface area contributed by atoms with Crippen LogP contribution in [-0.4, -0.2) is 37.2 Å². The van der Waals surface area contributed by atoms with Crippen LogP contribution in [-0.2, 0) is 28.6 Å². The lowest BCUT2D eigenvalue weighted by Crippen LogP contribution is -2.30. The van der Waals surface area contributed by atoms with E-state index in [-0.39, 0.29) is 31.1 Å². The van der Waals surface area contributed by atoms with E-state index in [1.165, 1.54) is 283 Å². The summed E-state index contributed by atoms with van der Waals surface area (Å²) in [7, 11) is 0. The molecule has 0 aliphatic carbocycles. The Bertz CT molecular complexity index is 1150. The number of carbonyl (C=O) groups is 3. The van der Waals surface area contributed by atoms with E-state index in [0.29, 0.717) is 19.3 Å². The molecule has 1 unspecified atom stereocenters. The summed E-state index contributed by atoms with van der Waals surface area (Å²) in [5.74, 6) is -0.851. The summed E-state index contributed by atoms with van der Waals surface area (Å²) in [6.07, 6.45) is 75.5. The fourth-order valence-corrected chi connectivity index (χ4v) is 10.4. The monoisotopic (exact) mass is 1040 g/mol. The zero-order chi connectivity index (χ0) is 53.6. The highest BCUT2D eigenvalue weighted by atomic mass is 16.6. The van der Waals surface area contributed by atoms with Gasteiger partial charge in [-0.2, -0.15) is 0 Å². The van der Waals surface area contributed by atoms with Crippen LogP contribution in [0.3, 0.4) is 0 Å². The lowest BCUT2D eigenvalue weighted by Gasteiger charge is -2.18. The van der Waals surface area contributed by atoms with E-state index in [1.807, 2.05) is 0 Å². The number of unbranched alkanes of at least 4 members (excludes halogenated alkanes) is 50. The van der Waals surface area contributed by atoms with Crippen molar-refractivity contribution in [3.05, 3.63) is 12.2 Å². The Balaban J connectivity index is 4.00. The number of hydrogen-bond acceptors (Lipinski definition) is 6. The number of carbonyl (C=O) groups excluding carboxylic acids is 3. The van der Waals surface area contributed by atoms with Crippen molar-refractivity contribution in [2.24, 2.45) is 0 Å². The Hall–Kier alpha value is -1.85. The SMILES string of the molecule is CCCCC/C=C\CCCCCCCC(=O)OC(COC(=O)CCCCCCCCCCCCCC)COC(=O)CCCCCCCCCCCCCCCCCCCCCCCCCCCCCCCCCC. The van der Waals surface area contributed by atoms with Crippen molar-refractivity contribution in [3.8, 4) is 0 Å². The first-order valence-electron chi connectivity index (χ1n) is 33.7. The molecule has 438 valence electrons. The van der Waals surface area contributed by atoms with Gasteiger partial charge in [0.2, 0.25) is 0 Å². The number of hydrogen-bond donors (Lipinski definition) is 0. The summed E-state index contributed by atoms with van der Waals surface area (Å²) in [6.45, 7) is 6.67. The third-order valence-electron chi connectivity index (χ3n) is 15.5. The maximum atomic E-state index is 12.8. The molecule has 0 N–H and O–H groups in total. The molecule has 0 aromatic heterocycles. The van der Waals surface area contributed by atoms with E-state index in [0.717, 1.165) is 64.2 Å². The van der Waals surface area contributed by atoms with Crippen molar-refractivity contribution in [2.45, 2.75) is 393 Å². The van der Waals surface area contributed by atoms with E-state index in [9.17, 15) is 14.4 Å². The predicted molar refractivity (Wildman–Crippen MR) is 321 cm³/mol. The normalized spacial score (nSPS) is 12.0. The van der Waals surface area contributed by atoms with Gasteiger partial charge in [-0.15, -0.1) is 0 Å². The van der Waals surface area contributed by atoms with Crippen molar-refractivity contribution in [3.63, 3.8) is 0 Å². The maximum absolute atomic E-state index is 12.8. The second-order valence-electron chi connectivity index (χ2n) is 23.1. The van der Waals surface area contributed by atoms with Crippen LogP contribution < -0.4 is 0 Å². The number of rotatable bonds is 63. The summed E-state index contributed by atoms with van der Waals surface area (Å²) >= 11 is 0. The van der Waals surface area contributed by atoms with E-state index >= 15 is 0 Å². The quantitative estimate of drug-likeness (QED) is 0.0261. The van der Waals surface area contributed by atoms with Gasteiger partial charge in [0.15, 0.2) is 6.10 Å². The first-order valence-corrected chi connectivity index (χ1v) is 33.7. The van der Waals surface area contributed by atoms with Crippen molar-refractivity contribution >= 4 is 17.9 Å². The zero-order valence-corrected chi connectivity index (χ0v) is 50.4. The molecule has 0 saturated carbocycles. The van der Waals surface area contributed by atoms with E-state index < -0.39 is 6.10 Å². The molecular weight excluding hydrogens is 913 g/mol. The molecule has 0 amide bonds. The van der Waals surface area contributed by atoms with Crippen molar-refractivity contribution in [1.82, 2.24) is 0 Å². The van der Waals surface area contributed by atoms with Gasteiger partial charge in [-0.3, -0.25) is 14.4 Å². The molecule has 0 spiro atoms. The minimum atomic E-state index is -0.769. The molecule has 74 heavy (non-hydrogen) atoms. The van der Waals surface area contributed by atoms with Gasteiger partial charge >= 0.3 is 17.9 Å². The average molecular weight is 1040 g/mol. The summed E-state index contributed by atoms with van der Waals surface area (Å²) in [5.41, 5.74) is 0. The van der Waals surface area contributed by atoms with Gasteiger partial charge < -0.3 is 14.2 Å². The molecule has 0 aliphatic heterocycles. The lowest BCUT2D eigenvalue weighted by molar-refractivity contribution is -0.167. The predicted octanol–water partition coefficient (Wildman–Crippen LogP) is 22.8. The van der Waals surface area contributed by atoms with Crippen LogP contribution in [0.25, 0.3) is 0 Å². The van der Waals surface area contributed by atoms with Gasteiger partial charge in [0.25, 0.3) is 0 Å². The molecule has 1 atom stereocenters. The largest absolute Gasteiger partial charge is 0.462 e. The lowest BCUT2D eigenvalue weighted by atomic mass is 10.0. The Kier molecular flexibility index (Phi) is 62.1. The van der Waals surface area contributed by atoms with Crippen molar-refractivity contribution in [1.29, 1.82) is 0 Å². The van der Waals surface area contributed by atoms with Gasteiger partial charge in [0, 0.05) is 19.3 Å². The third-order valence-corrected chi connectivity index (χ3v) is 15.5. The van der Waals surface area contributed by atoms with Gasteiger partial charge in [-0.1, -0.05) is 335 Å². The van der Waals surface area contributed by atoms with Crippen molar-refractivity contribution in [2.75, 3.05) is 13.2 Å². The molecule has 0 rings (SSSR count). The van der Waals surface area contributed by atoms with Gasteiger partial charge in [-0.05, 0) is 44.9 Å². The standard InChI is InChI=1S/C68H130O6/c1-4-7-10-13-16-19-22-25-26-27-28-29-30-31-32-33-34-35-36-37-38-39-40-41-42-43-44-47-49-52-55-58-61-67(70)73-64-65(74-68(71)62-59-56-53-50-46-24-21-18-15-12-9-6-3)63-72-66(69)60-57-54-51-48-45-23-20-17-14-11-8-5-2/h18,21,65H,4-17,19-20,22-64H2,1-3H3/b21-18-. The molecule has 0 radical (unpaired) electrons. The molecule has 6 nitrogen and oxygen atoms in total. The number of esters is 3. The zero-order valence-electron chi connectivity index (χ0n) is 50.4. The highest BCUT2D eigenvalue weighted by Crippen LogP contribution is 2.19. The summed E-state index contributed by atoms with van der Waals surface area (Å²) in [4.78, 5) is 38.2. The van der Waals surface area contributed by atoms with Crippen molar-refractivity contribution < 1.29 is 28.6 Å². The summed E-state index contributed by atoms with van der Waals surface area (Å²) in [6, 6.07) is 0. The molecular formula is C68H130O6. The molecule has 0 bridgehead atoms. The Morgan fingerprint density at radius 2 is 0.446 bits per heavy atom. The van der Waals surface area contributed by atoms with Crippen LogP contribution in [0.4, 0.5) is 0 Å². The summed E-state index contributed by atoms with van der Waals surface area (Å²) in [5, 5.41) is 0. The topological polar surface area (TPSA) is 78.9 Å². The fourth-order valence-electron chi connectivity index (χ4n) is 10.4. The molecule has 6 heteroatoms. The molecule has 0 aromatic carbocycles. The van der Waals surface area contributed by atoms with Crippen LogP contribution in [0.5, 0.6) is 0 Å². The van der Waals surface area contributed by atoms with Gasteiger partial charge in [0.05, 0.1) is 0 Å². The Labute approximate surface area is 462 Å². The van der Waals surface area contributed by atoms with E-state index in [2.05, 4.69) is 32.9 Å². The molecule has 0 aromatic rings. The highest BCUT2D eigenvalue weighted by Gasteiger charge is 2.19. The van der Waals surface area contributed by atoms with Crippen LogP contribution in [0.1, 0.15) is 387 Å².